The van der Waals surface area contributed by atoms with Gasteiger partial charge in [0, 0.05) is 13.0 Å². The van der Waals surface area contributed by atoms with Crippen molar-refractivity contribution in [2.45, 2.75) is 58.1 Å². The van der Waals surface area contributed by atoms with Gasteiger partial charge in [0.05, 0.1) is 0 Å². The molecule has 6 heteroatoms. The smallest absolute Gasteiger partial charge is 0.395 e. The summed E-state index contributed by atoms with van der Waals surface area (Å²) in [6, 6.07) is 2.39. The lowest BCUT2D eigenvalue weighted by molar-refractivity contribution is -0.160. The molecule has 1 atom stereocenters. The number of alkyl halides is 3. The summed E-state index contributed by atoms with van der Waals surface area (Å²) in [5.41, 5.74) is 6.50. The minimum Gasteiger partial charge on any atom is -0.430 e. The number of ether oxygens (including phenoxy) is 1. The van der Waals surface area contributed by atoms with E-state index in [9.17, 15) is 17.6 Å². The minimum atomic E-state index is -3.45. The average molecular weight is 321 g/mol. The van der Waals surface area contributed by atoms with Gasteiger partial charge in [-0.1, -0.05) is 19.9 Å². The number of hydrogen-bond acceptors (Lipinski definition) is 2. The summed E-state index contributed by atoms with van der Waals surface area (Å²) in [5, 5.41) is 0. The van der Waals surface area contributed by atoms with Crippen LogP contribution in [0.15, 0.2) is 12.1 Å². The Morgan fingerprint density at radius 1 is 1.27 bits per heavy atom. The third-order valence-corrected chi connectivity index (χ3v) is 3.28. The number of rotatable bonds is 8. The van der Waals surface area contributed by atoms with E-state index in [1.807, 2.05) is 0 Å². The van der Waals surface area contributed by atoms with Crippen LogP contribution in [0.5, 0.6) is 5.75 Å². The molecule has 0 bridgehead atoms. The summed E-state index contributed by atoms with van der Waals surface area (Å²) >= 11 is 0. The number of aryl methyl sites for hydroxylation is 1. The van der Waals surface area contributed by atoms with Gasteiger partial charge in [0.2, 0.25) is 0 Å². The molecule has 0 fully saturated rings. The fourth-order valence-electron chi connectivity index (χ4n) is 2.16. The van der Waals surface area contributed by atoms with E-state index in [0.29, 0.717) is 37.3 Å². The summed E-state index contributed by atoms with van der Waals surface area (Å²) in [6.45, 7) is 3.51. The van der Waals surface area contributed by atoms with Gasteiger partial charge in [0.1, 0.15) is 6.67 Å². The van der Waals surface area contributed by atoms with Crippen LogP contribution >= 0.6 is 0 Å². The van der Waals surface area contributed by atoms with Crippen LogP contribution in [-0.2, 0) is 6.42 Å². The first-order valence-electron chi connectivity index (χ1n) is 7.34. The van der Waals surface area contributed by atoms with E-state index < -0.39 is 30.4 Å². The van der Waals surface area contributed by atoms with E-state index in [2.05, 4.69) is 4.74 Å². The van der Waals surface area contributed by atoms with Gasteiger partial charge in [0.15, 0.2) is 11.6 Å². The molecule has 0 spiro atoms. The largest absolute Gasteiger partial charge is 0.430 e. The molecule has 0 radical (unpaired) electrons. The maximum absolute atomic E-state index is 14.2. The number of nitrogens with two attached hydrogens (primary N) is 1. The summed E-state index contributed by atoms with van der Waals surface area (Å²) < 4.78 is 57.0. The molecule has 0 amide bonds. The van der Waals surface area contributed by atoms with Crippen LogP contribution in [0, 0.1) is 5.82 Å². The molecule has 22 heavy (non-hydrogen) atoms. The van der Waals surface area contributed by atoms with Gasteiger partial charge in [-0.2, -0.15) is 8.78 Å². The van der Waals surface area contributed by atoms with Crippen molar-refractivity contribution >= 4 is 0 Å². The average Bonchev–Trinajstić information content (AvgIpc) is 2.39. The van der Waals surface area contributed by atoms with Crippen LogP contribution < -0.4 is 10.5 Å². The molecule has 2 N–H and O–H groups in total. The monoisotopic (exact) mass is 321 g/mol. The lowest BCUT2D eigenvalue weighted by Gasteiger charge is -2.18. The van der Waals surface area contributed by atoms with Crippen molar-refractivity contribution in [3.63, 3.8) is 0 Å². The molecule has 1 aromatic carbocycles. The fraction of sp³-hybridized carbons (Fsp3) is 0.625. The van der Waals surface area contributed by atoms with Crippen LogP contribution in [0.3, 0.4) is 0 Å². The van der Waals surface area contributed by atoms with Crippen molar-refractivity contribution in [1.29, 1.82) is 0 Å². The highest BCUT2D eigenvalue weighted by atomic mass is 19.3. The highest BCUT2D eigenvalue weighted by Gasteiger charge is 2.26. The van der Waals surface area contributed by atoms with Crippen LogP contribution in [-0.4, -0.2) is 18.8 Å². The second-order valence-corrected chi connectivity index (χ2v) is 5.87. The Bertz CT molecular complexity index is 486. The predicted octanol–water partition coefficient (Wildman–Crippen LogP) is 4.56. The molecule has 0 saturated heterocycles. The molecule has 0 aromatic heterocycles. The van der Waals surface area contributed by atoms with Gasteiger partial charge in [-0.15, -0.1) is 0 Å². The molecular formula is C16H23F4NO. The Morgan fingerprint density at radius 2 is 1.91 bits per heavy atom. The van der Waals surface area contributed by atoms with Gasteiger partial charge < -0.3 is 10.5 Å². The zero-order valence-corrected chi connectivity index (χ0v) is 13.1. The molecule has 1 aromatic rings. The number of hydrogen-bond donors (Lipinski definition) is 1. The van der Waals surface area contributed by atoms with E-state index in [0.717, 1.165) is 0 Å². The topological polar surface area (TPSA) is 35.2 Å². The van der Waals surface area contributed by atoms with Crippen LogP contribution in [0.1, 0.15) is 50.7 Å². The third kappa shape index (κ3) is 5.83. The lowest BCUT2D eigenvalue weighted by Crippen LogP contribution is -2.22. The van der Waals surface area contributed by atoms with E-state index in [4.69, 9.17) is 5.73 Å². The Hall–Kier alpha value is -1.30. The fourth-order valence-corrected chi connectivity index (χ4v) is 2.16. The molecule has 2 nitrogen and oxygen atoms in total. The summed E-state index contributed by atoms with van der Waals surface area (Å²) in [7, 11) is 0. The Labute approximate surface area is 128 Å². The van der Waals surface area contributed by atoms with Crippen molar-refractivity contribution in [1.82, 2.24) is 0 Å². The molecule has 0 aliphatic heterocycles. The molecule has 0 aliphatic rings. The summed E-state index contributed by atoms with van der Waals surface area (Å²) in [5.74, 6) is -1.38. The molecular weight excluding hydrogens is 298 g/mol. The second-order valence-electron chi connectivity index (χ2n) is 5.87. The standard InChI is InChI=1S/C16H23F4NO/c1-10(2)13-7-11(5-4-6-12(21)9-17)8-14(15(13)18)22-16(3,19)20/h7-8,10,12H,4-6,9,21H2,1-3H3/t12-/m1/s1. The van der Waals surface area contributed by atoms with Crippen molar-refractivity contribution < 1.29 is 22.3 Å². The van der Waals surface area contributed by atoms with Gasteiger partial charge in [-0.05, 0) is 42.4 Å². The quantitative estimate of drug-likeness (QED) is 0.712. The van der Waals surface area contributed by atoms with Crippen molar-refractivity contribution in [3.05, 3.63) is 29.1 Å². The molecule has 126 valence electrons. The number of benzene rings is 1. The summed E-state index contributed by atoms with van der Waals surface area (Å²) in [6.07, 6.45) is -1.88. The molecule has 0 aliphatic carbocycles. The maximum atomic E-state index is 14.2. The summed E-state index contributed by atoms with van der Waals surface area (Å²) in [4.78, 5) is 0. The molecule has 0 unspecified atom stereocenters. The van der Waals surface area contributed by atoms with E-state index in [-0.39, 0.29) is 5.92 Å². The zero-order chi connectivity index (χ0) is 16.9. The highest BCUT2D eigenvalue weighted by molar-refractivity contribution is 5.38. The highest BCUT2D eigenvalue weighted by Crippen LogP contribution is 2.32. The molecule has 0 saturated carbocycles. The van der Waals surface area contributed by atoms with Gasteiger partial charge in [-0.25, -0.2) is 8.78 Å². The molecule has 1 rings (SSSR count). The Kier molecular flexibility index (Phi) is 6.66. The first-order valence-corrected chi connectivity index (χ1v) is 7.34. The zero-order valence-electron chi connectivity index (χ0n) is 13.1. The first-order chi connectivity index (χ1) is 10.1. The van der Waals surface area contributed by atoms with Crippen LogP contribution in [0.25, 0.3) is 0 Å². The maximum Gasteiger partial charge on any atom is 0.395 e. The normalized spacial score (nSPS) is 13.5. The van der Waals surface area contributed by atoms with E-state index in [1.165, 1.54) is 6.07 Å². The second kappa shape index (κ2) is 7.81. The third-order valence-electron chi connectivity index (χ3n) is 3.28. The van der Waals surface area contributed by atoms with E-state index >= 15 is 0 Å². The predicted molar refractivity (Wildman–Crippen MR) is 78.6 cm³/mol. The van der Waals surface area contributed by atoms with E-state index in [1.54, 1.807) is 19.9 Å². The van der Waals surface area contributed by atoms with Crippen molar-refractivity contribution in [2.75, 3.05) is 6.67 Å². The van der Waals surface area contributed by atoms with Gasteiger partial charge in [-0.3, -0.25) is 0 Å². The first kappa shape index (κ1) is 18.7. The van der Waals surface area contributed by atoms with Crippen molar-refractivity contribution in [2.24, 2.45) is 5.73 Å². The SMILES string of the molecule is CC(C)c1cc(CCC[C@@H](N)CF)cc(OC(C)(F)F)c1F. The molecule has 0 heterocycles. The number of halogens is 4. The van der Waals surface area contributed by atoms with Crippen LogP contribution in [0.4, 0.5) is 17.6 Å². The Balaban J connectivity index is 2.97. The van der Waals surface area contributed by atoms with Crippen LogP contribution in [0.2, 0.25) is 0 Å². The van der Waals surface area contributed by atoms with Gasteiger partial charge >= 0.3 is 6.11 Å². The van der Waals surface area contributed by atoms with Crippen molar-refractivity contribution in [3.8, 4) is 5.75 Å². The Morgan fingerprint density at radius 3 is 2.41 bits per heavy atom. The lowest BCUT2D eigenvalue weighted by atomic mass is 9.96. The minimum absolute atomic E-state index is 0.166. The van der Waals surface area contributed by atoms with Gasteiger partial charge in [0.25, 0.3) is 0 Å².